The Labute approximate surface area is 112 Å². The van der Waals surface area contributed by atoms with Crippen molar-refractivity contribution in [2.24, 2.45) is 0 Å². The Morgan fingerprint density at radius 1 is 1.42 bits per heavy atom. The van der Waals surface area contributed by atoms with Crippen molar-refractivity contribution in [3.63, 3.8) is 0 Å². The van der Waals surface area contributed by atoms with Crippen LogP contribution < -0.4 is 20.7 Å². The predicted octanol–water partition coefficient (Wildman–Crippen LogP) is 1.14. The molecule has 5 nitrogen and oxygen atoms in total. The number of rotatable bonds is 2. The van der Waals surface area contributed by atoms with Gasteiger partial charge in [-0.15, -0.1) is 0 Å². The van der Waals surface area contributed by atoms with E-state index in [2.05, 4.69) is 5.32 Å². The maximum atomic E-state index is 12.1. The summed E-state index contributed by atoms with van der Waals surface area (Å²) in [5.41, 5.74) is 7.26. The molecule has 0 aromatic heterocycles. The van der Waals surface area contributed by atoms with Gasteiger partial charge in [0.2, 0.25) is 0 Å². The topological polar surface area (TPSA) is 67.6 Å². The van der Waals surface area contributed by atoms with Gasteiger partial charge in [-0.1, -0.05) is 6.42 Å². The Hall–Kier alpha value is -1.75. The van der Waals surface area contributed by atoms with Crippen LogP contribution in [0.4, 0.5) is 11.4 Å². The highest BCUT2D eigenvalue weighted by molar-refractivity contribution is 5.98. The summed E-state index contributed by atoms with van der Waals surface area (Å²) >= 11 is 0. The van der Waals surface area contributed by atoms with Gasteiger partial charge in [-0.05, 0) is 37.6 Å². The first-order chi connectivity index (χ1) is 9.24. The van der Waals surface area contributed by atoms with Gasteiger partial charge in [-0.3, -0.25) is 4.79 Å². The molecule has 3 N–H and O–H groups in total. The van der Waals surface area contributed by atoms with Crippen molar-refractivity contribution in [2.75, 3.05) is 30.3 Å². The van der Waals surface area contributed by atoms with Gasteiger partial charge in [0.1, 0.15) is 5.75 Å². The molecule has 0 aliphatic carbocycles. The first-order valence-electron chi connectivity index (χ1n) is 6.80. The van der Waals surface area contributed by atoms with Crippen molar-refractivity contribution in [3.05, 3.63) is 18.2 Å². The number of anilines is 2. The number of carbonyl (C=O) groups excluding carboxylic acids is 1. The number of nitrogens with two attached hydrogens (primary N) is 1. The van der Waals surface area contributed by atoms with Gasteiger partial charge in [0.25, 0.3) is 5.91 Å². The molecule has 2 aliphatic rings. The number of nitrogen functional groups attached to an aromatic ring is 1. The first kappa shape index (κ1) is 12.3. The van der Waals surface area contributed by atoms with Crippen LogP contribution in [0.25, 0.3) is 0 Å². The Morgan fingerprint density at radius 3 is 3.11 bits per heavy atom. The van der Waals surface area contributed by atoms with Gasteiger partial charge in [0.05, 0.1) is 5.69 Å². The van der Waals surface area contributed by atoms with Crippen LogP contribution >= 0.6 is 0 Å². The molecule has 2 aliphatic heterocycles. The van der Waals surface area contributed by atoms with Crippen LogP contribution in [-0.4, -0.2) is 31.6 Å². The van der Waals surface area contributed by atoms with Crippen molar-refractivity contribution >= 4 is 17.3 Å². The lowest BCUT2D eigenvalue weighted by Crippen LogP contribution is -2.48. The van der Waals surface area contributed by atoms with Gasteiger partial charge >= 0.3 is 0 Å². The molecule has 0 radical (unpaired) electrons. The lowest BCUT2D eigenvalue weighted by molar-refractivity contribution is -0.121. The molecule has 1 atom stereocenters. The van der Waals surface area contributed by atoms with E-state index in [0.717, 1.165) is 24.4 Å². The summed E-state index contributed by atoms with van der Waals surface area (Å²) in [6.45, 7) is 1.84. The highest BCUT2D eigenvalue weighted by Gasteiger charge is 2.28. The van der Waals surface area contributed by atoms with E-state index in [1.807, 2.05) is 12.1 Å². The maximum absolute atomic E-state index is 12.1. The number of carbonyl (C=O) groups is 1. The molecule has 2 heterocycles. The predicted molar refractivity (Wildman–Crippen MR) is 74.3 cm³/mol. The Kier molecular flexibility index (Phi) is 3.29. The lowest BCUT2D eigenvalue weighted by Gasteiger charge is -2.34. The Bertz CT molecular complexity index is 484. The average Bonchev–Trinajstić information content (AvgIpc) is 2.43. The monoisotopic (exact) mass is 261 g/mol. The van der Waals surface area contributed by atoms with Crippen LogP contribution in [-0.2, 0) is 4.79 Å². The van der Waals surface area contributed by atoms with E-state index in [9.17, 15) is 4.79 Å². The van der Waals surface area contributed by atoms with Crippen molar-refractivity contribution in [1.82, 2.24) is 5.32 Å². The number of amides is 1. The van der Waals surface area contributed by atoms with Crippen LogP contribution in [0.15, 0.2) is 18.2 Å². The van der Waals surface area contributed by atoms with Gasteiger partial charge in [-0.25, -0.2) is 0 Å². The molecule has 1 aromatic rings. The minimum atomic E-state index is 0.00507. The third-order valence-electron chi connectivity index (χ3n) is 3.74. The van der Waals surface area contributed by atoms with Crippen molar-refractivity contribution in [1.29, 1.82) is 0 Å². The van der Waals surface area contributed by atoms with E-state index in [-0.39, 0.29) is 12.5 Å². The largest absolute Gasteiger partial charge is 0.482 e. The van der Waals surface area contributed by atoms with E-state index in [4.69, 9.17) is 10.5 Å². The third-order valence-corrected chi connectivity index (χ3v) is 3.74. The number of fused-ring (bicyclic) bond motifs is 1. The Balaban J connectivity index is 1.83. The van der Waals surface area contributed by atoms with E-state index in [1.54, 1.807) is 11.0 Å². The molecule has 1 unspecified atom stereocenters. The molecule has 19 heavy (non-hydrogen) atoms. The number of hydrogen-bond donors (Lipinski definition) is 2. The minimum Gasteiger partial charge on any atom is -0.482 e. The summed E-state index contributed by atoms with van der Waals surface area (Å²) in [6, 6.07) is 5.81. The van der Waals surface area contributed by atoms with E-state index >= 15 is 0 Å². The maximum Gasteiger partial charge on any atom is 0.265 e. The molecule has 0 spiro atoms. The zero-order valence-corrected chi connectivity index (χ0v) is 10.9. The molecule has 1 fully saturated rings. The molecule has 0 bridgehead atoms. The number of ether oxygens (including phenoxy) is 1. The fraction of sp³-hybridized carbons (Fsp3) is 0.500. The fourth-order valence-electron chi connectivity index (χ4n) is 2.72. The number of nitrogens with zero attached hydrogens (tertiary/aromatic N) is 1. The van der Waals surface area contributed by atoms with E-state index in [1.165, 1.54) is 12.8 Å². The number of hydrogen-bond acceptors (Lipinski definition) is 4. The quantitative estimate of drug-likeness (QED) is 0.783. The third kappa shape index (κ3) is 2.51. The summed E-state index contributed by atoms with van der Waals surface area (Å²) in [4.78, 5) is 13.9. The summed E-state index contributed by atoms with van der Waals surface area (Å²) in [5.74, 6) is 0.745. The fourth-order valence-corrected chi connectivity index (χ4v) is 2.72. The Morgan fingerprint density at radius 2 is 2.32 bits per heavy atom. The average molecular weight is 261 g/mol. The summed E-state index contributed by atoms with van der Waals surface area (Å²) < 4.78 is 5.44. The molecule has 0 saturated carbocycles. The lowest BCUT2D eigenvalue weighted by atomic mass is 10.0. The normalized spacial score (nSPS) is 22.8. The second-order valence-electron chi connectivity index (χ2n) is 5.17. The van der Waals surface area contributed by atoms with Crippen molar-refractivity contribution in [2.45, 2.75) is 25.3 Å². The standard InChI is InChI=1S/C14H19N3O2/c15-10-4-5-13-12(7-10)17(14(18)9-19-13)8-11-3-1-2-6-16-11/h4-5,7,11,16H,1-3,6,8-9,15H2. The van der Waals surface area contributed by atoms with E-state index in [0.29, 0.717) is 18.3 Å². The number of piperidine rings is 1. The highest BCUT2D eigenvalue weighted by atomic mass is 16.5. The molecular formula is C14H19N3O2. The second-order valence-corrected chi connectivity index (χ2v) is 5.17. The number of benzene rings is 1. The SMILES string of the molecule is Nc1ccc2c(c1)N(CC1CCCCN1)C(=O)CO2. The molecule has 5 heteroatoms. The number of nitrogens with one attached hydrogen (secondary N) is 1. The highest BCUT2D eigenvalue weighted by Crippen LogP contribution is 2.34. The second kappa shape index (κ2) is 5.09. The molecule has 3 rings (SSSR count). The zero-order valence-electron chi connectivity index (χ0n) is 10.9. The molecular weight excluding hydrogens is 242 g/mol. The molecule has 1 aromatic carbocycles. The first-order valence-corrected chi connectivity index (χ1v) is 6.80. The minimum absolute atomic E-state index is 0.00507. The van der Waals surface area contributed by atoms with Crippen LogP contribution in [0.1, 0.15) is 19.3 Å². The van der Waals surface area contributed by atoms with Crippen LogP contribution in [0, 0.1) is 0 Å². The van der Waals surface area contributed by atoms with Crippen molar-refractivity contribution in [3.8, 4) is 5.75 Å². The van der Waals surface area contributed by atoms with Gasteiger partial charge in [0.15, 0.2) is 6.61 Å². The smallest absolute Gasteiger partial charge is 0.265 e. The van der Waals surface area contributed by atoms with E-state index < -0.39 is 0 Å². The van der Waals surface area contributed by atoms with Gasteiger partial charge in [-0.2, -0.15) is 0 Å². The van der Waals surface area contributed by atoms with Crippen LogP contribution in [0.5, 0.6) is 5.75 Å². The summed E-state index contributed by atoms with van der Waals surface area (Å²) in [7, 11) is 0. The van der Waals surface area contributed by atoms with Crippen molar-refractivity contribution < 1.29 is 9.53 Å². The van der Waals surface area contributed by atoms with Crippen LogP contribution in [0.2, 0.25) is 0 Å². The van der Waals surface area contributed by atoms with Gasteiger partial charge < -0.3 is 20.7 Å². The molecule has 1 saturated heterocycles. The zero-order chi connectivity index (χ0) is 13.2. The summed E-state index contributed by atoms with van der Waals surface area (Å²) in [6.07, 6.45) is 3.55. The molecule has 1 amide bonds. The van der Waals surface area contributed by atoms with Crippen LogP contribution in [0.3, 0.4) is 0 Å². The molecule has 102 valence electrons. The van der Waals surface area contributed by atoms with Gasteiger partial charge in [0, 0.05) is 18.3 Å². The summed E-state index contributed by atoms with van der Waals surface area (Å²) in [5, 5.41) is 3.47.